The molecule has 0 saturated carbocycles. The zero-order chi connectivity index (χ0) is 19.2. The topological polar surface area (TPSA) is 92.6 Å². The Hall–Kier alpha value is -3.75. The maximum absolute atomic E-state index is 9.28. The van der Waals surface area contributed by atoms with E-state index in [9.17, 15) is 5.26 Å². The SMILES string of the molecule is COc1ccc(C(C)(C)c2ccccc2)cc1NC(C#N)=C(C#N)C#N. The predicted molar refractivity (Wildman–Crippen MR) is 99.1 cm³/mol. The standard InChI is InChI=1S/C21H18N4O/c1-21(2,16-7-5-4-6-8-16)17-9-10-20(26-3)18(11-17)25-19(14-24)15(12-22)13-23/h4-11,25H,1-3H3. The minimum absolute atomic E-state index is 0.108. The number of ether oxygens (including phenoxy) is 1. The van der Waals surface area contributed by atoms with Crippen LogP contribution in [0.25, 0.3) is 0 Å². The van der Waals surface area contributed by atoms with Crippen LogP contribution >= 0.6 is 0 Å². The highest BCUT2D eigenvalue weighted by atomic mass is 16.5. The molecular weight excluding hydrogens is 324 g/mol. The van der Waals surface area contributed by atoms with Gasteiger partial charge in [0.1, 0.15) is 29.7 Å². The average molecular weight is 342 g/mol. The largest absolute Gasteiger partial charge is 0.495 e. The molecular formula is C21H18N4O. The molecule has 26 heavy (non-hydrogen) atoms. The fourth-order valence-electron chi connectivity index (χ4n) is 2.63. The lowest BCUT2D eigenvalue weighted by Crippen LogP contribution is -2.19. The van der Waals surface area contributed by atoms with Crippen LogP contribution in [-0.2, 0) is 5.41 Å². The van der Waals surface area contributed by atoms with Gasteiger partial charge in [0.25, 0.3) is 0 Å². The summed E-state index contributed by atoms with van der Waals surface area (Å²) in [5, 5.41) is 30.2. The highest BCUT2D eigenvalue weighted by molar-refractivity contribution is 5.66. The number of rotatable bonds is 5. The lowest BCUT2D eigenvalue weighted by Gasteiger charge is -2.27. The van der Waals surface area contributed by atoms with Crippen molar-refractivity contribution >= 4 is 5.69 Å². The zero-order valence-electron chi connectivity index (χ0n) is 14.9. The average Bonchev–Trinajstić information content (AvgIpc) is 2.68. The quantitative estimate of drug-likeness (QED) is 0.820. The summed E-state index contributed by atoms with van der Waals surface area (Å²) in [6.07, 6.45) is 0. The third-order valence-corrected chi connectivity index (χ3v) is 4.26. The number of nitrogens with zero attached hydrogens (tertiary/aromatic N) is 3. The van der Waals surface area contributed by atoms with Crippen molar-refractivity contribution in [2.45, 2.75) is 19.3 Å². The van der Waals surface area contributed by atoms with E-state index in [0.717, 1.165) is 11.1 Å². The van der Waals surface area contributed by atoms with Gasteiger partial charge in [-0.25, -0.2) is 0 Å². The van der Waals surface area contributed by atoms with Crippen molar-refractivity contribution in [3.8, 4) is 24.0 Å². The number of nitriles is 3. The molecule has 0 aromatic heterocycles. The molecule has 0 radical (unpaired) electrons. The van der Waals surface area contributed by atoms with Crippen LogP contribution in [-0.4, -0.2) is 7.11 Å². The molecule has 0 aliphatic rings. The first-order valence-corrected chi connectivity index (χ1v) is 7.93. The van der Waals surface area contributed by atoms with E-state index in [4.69, 9.17) is 15.3 Å². The van der Waals surface area contributed by atoms with Crippen LogP contribution < -0.4 is 10.1 Å². The molecule has 5 nitrogen and oxygen atoms in total. The van der Waals surface area contributed by atoms with Gasteiger partial charge in [-0.3, -0.25) is 0 Å². The summed E-state index contributed by atoms with van der Waals surface area (Å²) in [6.45, 7) is 4.20. The molecule has 0 spiro atoms. The molecule has 2 aromatic rings. The van der Waals surface area contributed by atoms with Crippen molar-refractivity contribution in [2.24, 2.45) is 0 Å². The number of anilines is 1. The first kappa shape index (κ1) is 18.6. The minimum atomic E-state index is -0.284. The Balaban J connectivity index is 2.54. The van der Waals surface area contributed by atoms with Crippen LogP contribution in [0.5, 0.6) is 5.75 Å². The Bertz CT molecular complexity index is 938. The van der Waals surface area contributed by atoms with Gasteiger partial charge in [-0.15, -0.1) is 0 Å². The Kier molecular flexibility index (Phi) is 5.63. The summed E-state index contributed by atoms with van der Waals surface area (Å²) in [4.78, 5) is 0. The third kappa shape index (κ3) is 3.66. The van der Waals surface area contributed by atoms with Crippen molar-refractivity contribution in [2.75, 3.05) is 12.4 Å². The second kappa shape index (κ2) is 7.88. The second-order valence-corrected chi connectivity index (χ2v) is 6.12. The Morgan fingerprint density at radius 2 is 1.58 bits per heavy atom. The van der Waals surface area contributed by atoms with E-state index in [1.165, 1.54) is 7.11 Å². The summed E-state index contributed by atoms with van der Waals surface area (Å²) < 4.78 is 5.35. The number of benzene rings is 2. The molecule has 0 amide bonds. The first-order chi connectivity index (χ1) is 12.5. The van der Waals surface area contributed by atoms with E-state index >= 15 is 0 Å². The molecule has 0 aliphatic heterocycles. The number of nitrogens with one attached hydrogen (secondary N) is 1. The lowest BCUT2D eigenvalue weighted by molar-refractivity contribution is 0.416. The van der Waals surface area contributed by atoms with Gasteiger partial charge in [0.15, 0.2) is 5.57 Å². The number of allylic oxidation sites excluding steroid dienone is 2. The van der Waals surface area contributed by atoms with Crippen molar-refractivity contribution in [1.29, 1.82) is 15.8 Å². The predicted octanol–water partition coefficient (Wildman–Crippen LogP) is 4.26. The van der Waals surface area contributed by atoms with Gasteiger partial charge in [-0.1, -0.05) is 50.2 Å². The maximum Gasteiger partial charge on any atom is 0.163 e. The summed E-state index contributed by atoms with van der Waals surface area (Å²) in [7, 11) is 1.52. The first-order valence-electron chi connectivity index (χ1n) is 7.93. The minimum Gasteiger partial charge on any atom is -0.495 e. The molecule has 0 unspecified atom stereocenters. The number of methoxy groups -OCH3 is 1. The molecule has 0 atom stereocenters. The van der Waals surface area contributed by atoms with Crippen LogP contribution in [0.2, 0.25) is 0 Å². The van der Waals surface area contributed by atoms with Gasteiger partial charge in [-0.05, 0) is 23.3 Å². The zero-order valence-corrected chi connectivity index (χ0v) is 14.9. The molecule has 2 rings (SSSR count). The highest BCUT2D eigenvalue weighted by Crippen LogP contribution is 2.36. The summed E-state index contributed by atoms with van der Waals surface area (Å²) >= 11 is 0. The maximum atomic E-state index is 9.28. The van der Waals surface area contributed by atoms with Crippen molar-refractivity contribution in [3.05, 3.63) is 70.9 Å². The Morgan fingerprint density at radius 3 is 2.12 bits per heavy atom. The monoisotopic (exact) mass is 342 g/mol. The van der Waals surface area contributed by atoms with Crippen molar-refractivity contribution in [1.82, 2.24) is 0 Å². The second-order valence-electron chi connectivity index (χ2n) is 6.12. The smallest absolute Gasteiger partial charge is 0.163 e. The van der Waals surface area contributed by atoms with Crippen LogP contribution in [0, 0.1) is 34.0 Å². The van der Waals surface area contributed by atoms with E-state index in [1.807, 2.05) is 36.4 Å². The van der Waals surface area contributed by atoms with E-state index in [2.05, 4.69) is 31.3 Å². The number of hydrogen-bond acceptors (Lipinski definition) is 5. The molecule has 0 saturated heterocycles. The van der Waals surface area contributed by atoms with Crippen LogP contribution in [0.3, 0.4) is 0 Å². The molecule has 1 N–H and O–H groups in total. The fourth-order valence-corrected chi connectivity index (χ4v) is 2.63. The number of hydrogen-bond donors (Lipinski definition) is 1. The van der Waals surface area contributed by atoms with Crippen molar-refractivity contribution < 1.29 is 4.74 Å². The van der Waals surface area contributed by atoms with E-state index in [0.29, 0.717) is 11.4 Å². The van der Waals surface area contributed by atoms with Gasteiger partial charge in [-0.2, -0.15) is 15.8 Å². The summed E-state index contributed by atoms with van der Waals surface area (Å²) in [6, 6.07) is 21.0. The molecule has 2 aromatic carbocycles. The molecule has 5 heteroatoms. The van der Waals surface area contributed by atoms with E-state index in [1.54, 1.807) is 18.2 Å². The Morgan fingerprint density at radius 1 is 0.923 bits per heavy atom. The summed E-state index contributed by atoms with van der Waals surface area (Å²) in [5.41, 5.74) is 1.99. The van der Waals surface area contributed by atoms with Gasteiger partial charge in [0, 0.05) is 5.41 Å². The highest BCUT2D eigenvalue weighted by Gasteiger charge is 2.24. The van der Waals surface area contributed by atoms with Crippen molar-refractivity contribution in [3.63, 3.8) is 0 Å². The van der Waals surface area contributed by atoms with Crippen LogP contribution in [0.4, 0.5) is 5.69 Å². The van der Waals surface area contributed by atoms with E-state index in [-0.39, 0.29) is 16.7 Å². The molecule has 0 heterocycles. The normalized spacial score (nSPS) is 10.0. The van der Waals surface area contributed by atoms with Gasteiger partial charge >= 0.3 is 0 Å². The van der Waals surface area contributed by atoms with E-state index < -0.39 is 0 Å². The molecule has 0 bridgehead atoms. The van der Waals surface area contributed by atoms with Gasteiger partial charge in [0.2, 0.25) is 0 Å². The summed E-state index contributed by atoms with van der Waals surface area (Å²) in [5.74, 6) is 0.514. The van der Waals surface area contributed by atoms with Gasteiger partial charge in [0.05, 0.1) is 12.8 Å². The molecule has 0 fully saturated rings. The molecule has 0 aliphatic carbocycles. The third-order valence-electron chi connectivity index (χ3n) is 4.26. The Labute approximate surface area is 153 Å². The fraction of sp³-hybridized carbons (Fsp3) is 0.190. The molecule has 128 valence electrons. The van der Waals surface area contributed by atoms with Crippen LogP contribution in [0.1, 0.15) is 25.0 Å². The lowest BCUT2D eigenvalue weighted by atomic mass is 9.78. The van der Waals surface area contributed by atoms with Gasteiger partial charge < -0.3 is 10.1 Å². The van der Waals surface area contributed by atoms with Crippen LogP contribution in [0.15, 0.2) is 59.8 Å².